The summed E-state index contributed by atoms with van der Waals surface area (Å²) in [7, 11) is 0. The van der Waals surface area contributed by atoms with Gasteiger partial charge in [-0.2, -0.15) is 5.26 Å². The van der Waals surface area contributed by atoms with Gasteiger partial charge >= 0.3 is 0 Å². The number of aromatic nitrogens is 1. The number of rotatable bonds is 12. The van der Waals surface area contributed by atoms with Crippen LogP contribution in [0.3, 0.4) is 0 Å². The number of nitriles is 1. The molecule has 0 aliphatic heterocycles. The van der Waals surface area contributed by atoms with Crippen LogP contribution in [-0.4, -0.2) is 0 Å². The van der Waals surface area contributed by atoms with Crippen LogP contribution in [-0.2, 0) is 6.54 Å². The first-order valence-corrected chi connectivity index (χ1v) is 8.76. The van der Waals surface area contributed by atoms with E-state index in [9.17, 15) is 0 Å². The first-order valence-electron chi connectivity index (χ1n) is 8.76. The molecule has 0 N–H and O–H groups in total. The summed E-state index contributed by atoms with van der Waals surface area (Å²) in [6.45, 7) is 3.35. The lowest BCUT2D eigenvalue weighted by molar-refractivity contribution is -0.697. The van der Waals surface area contributed by atoms with Crippen LogP contribution in [0.25, 0.3) is 0 Å². The van der Waals surface area contributed by atoms with Crippen molar-refractivity contribution < 1.29 is 4.57 Å². The SMILES string of the molecule is CCCCCCCCCCCCC[n+]1ccc(C#N)cc1. The summed E-state index contributed by atoms with van der Waals surface area (Å²) in [5.41, 5.74) is 0.741. The number of hydrogen-bond acceptors (Lipinski definition) is 1. The van der Waals surface area contributed by atoms with Crippen molar-refractivity contribution >= 4 is 0 Å². The van der Waals surface area contributed by atoms with E-state index < -0.39 is 0 Å². The molecule has 0 aromatic carbocycles. The lowest BCUT2D eigenvalue weighted by Crippen LogP contribution is -2.32. The Morgan fingerprint density at radius 1 is 0.810 bits per heavy atom. The molecule has 1 heterocycles. The molecule has 0 unspecified atom stereocenters. The van der Waals surface area contributed by atoms with E-state index in [-0.39, 0.29) is 0 Å². The quantitative estimate of drug-likeness (QED) is 0.385. The molecular formula is C19H31N2+. The van der Waals surface area contributed by atoms with Crippen LogP contribution in [0.1, 0.15) is 83.1 Å². The van der Waals surface area contributed by atoms with Crippen molar-refractivity contribution in [3.05, 3.63) is 30.1 Å². The lowest BCUT2D eigenvalue weighted by atomic mass is 10.1. The van der Waals surface area contributed by atoms with Gasteiger partial charge in [-0.1, -0.05) is 64.7 Å². The largest absolute Gasteiger partial charge is 0.205 e. The molecule has 0 aliphatic rings. The maximum atomic E-state index is 8.75. The molecule has 1 aromatic heterocycles. The summed E-state index contributed by atoms with van der Waals surface area (Å²) in [5, 5.41) is 8.75. The molecule has 0 amide bonds. The molecule has 0 aliphatic carbocycles. The monoisotopic (exact) mass is 287 g/mol. The first-order chi connectivity index (χ1) is 10.4. The highest BCUT2D eigenvalue weighted by Gasteiger charge is 2.00. The van der Waals surface area contributed by atoms with Crippen LogP contribution in [0.15, 0.2) is 24.5 Å². The van der Waals surface area contributed by atoms with Gasteiger partial charge in [0.05, 0.1) is 11.6 Å². The van der Waals surface area contributed by atoms with Crippen molar-refractivity contribution in [2.75, 3.05) is 0 Å². The number of hydrogen-bond donors (Lipinski definition) is 0. The third-order valence-electron chi connectivity index (χ3n) is 4.04. The smallest absolute Gasteiger partial charge is 0.170 e. The highest BCUT2D eigenvalue weighted by atomic mass is 14.9. The Balaban J connectivity index is 1.89. The number of nitrogens with zero attached hydrogens (tertiary/aromatic N) is 2. The van der Waals surface area contributed by atoms with Crippen LogP contribution in [0.5, 0.6) is 0 Å². The molecule has 21 heavy (non-hydrogen) atoms. The van der Waals surface area contributed by atoms with Gasteiger partial charge in [-0.3, -0.25) is 0 Å². The van der Waals surface area contributed by atoms with Crippen LogP contribution in [0, 0.1) is 11.3 Å². The zero-order valence-corrected chi connectivity index (χ0v) is 13.7. The van der Waals surface area contributed by atoms with E-state index in [4.69, 9.17) is 5.26 Å². The summed E-state index contributed by atoms with van der Waals surface area (Å²) in [6.07, 6.45) is 19.2. The molecule has 0 radical (unpaired) electrons. The second-order valence-electron chi connectivity index (χ2n) is 5.97. The van der Waals surface area contributed by atoms with Gasteiger partial charge in [0.25, 0.3) is 0 Å². The van der Waals surface area contributed by atoms with E-state index in [1.54, 1.807) is 0 Å². The molecule has 0 fully saturated rings. The van der Waals surface area contributed by atoms with Crippen molar-refractivity contribution in [1.82, 2.24) is 0 Å². The molecule has 0 bridgehead atoms. The third kappa shape index (κ3) is 9.24. The summed E-state index contributed by atoms with van der Waals surface area (Å²) >= 11 is 0. The summed E-state index contributed by atoms with van der Waals surface area (Å²) in [6, 6.07) is 5.93. The van der Waals surface area contributed by atoms with Crippen molar-refractivity contribution in [1.29, 1.82) is 5.26 Å². The minimum atomic E-state index is 0.741. The molecule has 0 spiro atoms. The van der Waals surface area contributed by atoms with Crippen LogP contribution in [0.2, 0.25) is 0 Å². The molecule has 116 valence electrons. The number of aryl methyl sites for hydroxylation is 1. The summed E-state index contributed by atoms with van der Waals surface area (Å²) in [4.78, 5) is 0. The highest BCUT2D eigenvalue weighted by Crippen LogP contribution is 2.11. The van der Waals surface area contributed by atoms with Gasteiger partial charge in [-0.15, -0.1) is 0 Å². The van der Waals surface area contributed by atoms with Crippen LogP contribution < -0.4 is 4.57 Å². The number of unbranched alkanes of at least 4 members (excludes halogenated alkanes) is 10. The third-order valence-corrected chi connectivity index (χ3v) is 4.04. The first kappa shape index (κ1) is 17.7. The second-order valence-corrected chi connectivity index (χ2v) is 5.97. The minimum Gasteiger partial charge on any atom is -0.205 e. The highest BCUT2D eigenvalue weighted by molar-refractivity contribution is 5.23. The average Bonchev–Trinajstić information content (AvgIpc) is 2.53. The fraction of sp³-hybridized carbons (Fsp3) is 0.684. The van der Waals surface area contributed by atoms with E-state index in [2.05, 4.69) is 17.6 Å². The molecule has 2 nitrogen and oxygen atoms in total. The second kappa shape index (κ2) is 12.4. The Hall–Kier alpha value is -1.36. The average molecular weight is 287 g/mol. The van der Waals surface area contributed by atoms with E-state index in [0.717, 1.165) is 12.1 Å². The predicted octanol–water partition coefficient (Wildman–Crippen LogP) is 5.16. The zero-order valence-electron chi connectivity index (χ0n) is 13.7. The van der Waals surface area contributed by atoms with Gasteiger partial charge in [-0.05, 0) is 6.42 Å². The van der Waals surface area contributed by atoms with Gasteiger partial charge in [-0.25, -0.2) is 4.57 Å². The Morgan fingerprint density at radius 3 is 1.76 bits per heavy atom. The van der Waals surface area contributed by atoms with Gasteiger partial charge in [0.15, 0.2) is 12.4 Å². The normalized spacial score (nSPS) is 10.5. The van der Waals surface area contributed by atoms with Gasteiger partial charge < -0.3 is 0 Å². The zero-order chi connectivity index (χ0) is 15.2. The fourth-order valence-corrected chi connectivity index (χ4v) is 2.64. The van der Waals surface area contributed by atoms with E-state index in [1.165, 1.54) is 70.6 Å². The van der Waals surface area contributed by atoms with E-state index in [1.807, 2.05) is 24.5 Å². The molecular weight excluding hydrogens is 256 g/mol. The molecule has 1 rings (SSSR count). The van der Waals surface area contributed by atoms with Crippen LogP contribution in [0.4, 0.5) is 0 Å². The fourth-order valence-electron chi connectivity index (χ4n) is 2.64. The van der Waals surface area contributed by atoms with Gasteiger partial charge in [0, 0.05) is 18.6 Å². The van der Waals surface area contributed by atoms with Crippen molar-refractivity contribution in [3.8, 4) is 6.07 Å². The molecule has 0 saturated carbocycles. The molecule has 0 atom stereocenters. The molecule has 1 aromatic rings. The molecule has 2 heteroatoms. The Bertz CT molecular complexity index is 389. The van der Waals surface area contributed by atoms with E-state index in [0.29, 0.717) is 0 Å². The maximum Gasteiger partial charge on any atom is 0.170 e. The van der Waals surface area contributed by atoms with Gasteiger partial charge in [0.2, 0.25) is 0 Å². The Morgan fingerprint density at radius 2 is 1.29 bits per heavy atom. The summed E-state index contributed by atoms with van der Waals surface area (Å²) < 4.78 is 2.18. The Labute approximate surface area is 130 Å². The summed E-state index contributed by atoms with van der Waals surface area (Å²) in [5.74, 6) is 0. The minimum absolute atomic E-state index is 0.741. The molecule has 0 saturated heterocycles. The van der Waals surface area contributed by atoms with Crippen LogP contribution >= 0.6 is 0 Å². The number of pyridine rings is 1. The van der Waals surface area contributed by atoms with Crippen molar-refractivity contribution in [3.63, 3.8) is 0 Å². The standard InChI is InChI=1S/C19H31N2/c1-2-3-4-5-6-7-8-9-10-11-12-15-21-16-13-19(18-20)14-17-21/h13-14,16-17H,2-12,15H2,1H3/q+1. The lowest BCUT2D eigenvalue weighted by Gasteiger charge is -2.01. The van der Waals surface area contributed by atoms with Crippen molar-refractivity contribution in [2.45, 2.75) is 84.1 Å². The predicted molar refractivity (Wildman–Crippen MR) is 87.8 cm³/mol. The maximum absolute atomic E-state index is 8.75. The Kier molecular flexibility index (Phi) is 10.4. The van der Waals surface area contributed by atoms with Crippen molar-refractivity contribution in [2.24, 2.45) is 0 Å². The topological polar surface area (TPSA) is 27.7 Å². The van der Waals surface area contributed by atoms with Gasteiger partial charge in [0.1, 0.15) is 6.54 Å². The van der Waals surface area contributed by atoms with E-state index >= 15 is 0 Å².